The molecule has 0 amide bonds. The first-order chi connectivity index (χ1) is 23.5. The molecule has 0 unspecified atom stereocenters. The lowest BCUT2D eigenvalue weighted by Crippen LogP contribution is -2.67. The SMILES string of the molecule is C=C(C)[C@@H]1CC[C@]2(C(=O)OCc3cn([C@H]4O[C@H](CO)[C@@H](O)[C@H](O)[C@H]4O)nn3)CC[C@]3(C)[C@H](CC[C@@H]4[C@@]5(C)CC[C@H](O)C(C)(C)[C@@H]5CC[C@]43C)[C@@H]12. The highest BCUT2D eigenvalue weighted by molar-refractivity contribution is 5.78. The number of aliphatic hydroxyl groups is 5. The normalized spacial score (nSPS) is 49.6. The summed E-state index contributed by atoms with van der Waals surface area (Å²) in [6, 6.07) is 0. The van der Waals surface area contributed by atoms with Crippen molar-refractivity contribution in [2.24, 2.45) is 56.7 Å². The Bertz CT molecular complexity index is 1480. The highest BCUT2D eigenvalue weighted by Crippen LogP contribution is 2.77. The van der Waals surface area contributed by atoms with E-state index >= 15 is 0 Å². The van der Waals surface area contributed by atoms with Crippen molar-refractivity contribution in [1.29, 1.82) is 0 Å². The Morgan fingerprint density at radius 3 is 2.36 bits per heavy atom. The van der Waals surface area contributed by atoms with E-state index in [-0.39, 0.29) is 52.2 Å². The largest absolute Gasteiger partial charge is 0.459 e. The highest BCUT2D eigenvalue weighted by Gasteiger charge is 2.72. The summed E-state index contributed by atoms with van der Waals surface area (Å²) in [5.74, 6) is 1.70. The average Bonchev–Trinajstić information content (AvgIpc) is 3.71. The second-order valence-corrected chi connectivity index (χ2v) is 18.7. The Morgan fingerprint density at radius 1 is 0.920 bits per heavy atom. The number of ether oxygens (including phenoxy) is 2. The Balaban J connectivity index is 1.12. The fraction of sp³-hybridized carbons (Fsp3) is 0.872. The molecule has 6 fully saturated rings. The molecule has 1 aliphatic heterocycles. The molecule has 1 saturated heterocycles. The number of rotatable bonds is 6. The summed E-state index contributed by atoms with van der Waals surface area (Å²) in [5.41, 5.74) is 1.24. The van der Waals surface area contributed by atoms with Gasteiger partial charge in [0.2, 0.25) is 0 Å². The van der Waals surface area contributed by atoms with Gasteiger partial charge in [-0.3, -0.25) is 4.79 Å². The van der Waals surface area contributed by atoms with Crippen molar-refractivity contribution in [3.63, 3.8) is 0 Å². The summed E-state index contributed by atoms with van der Waals surface area (Å²) in [4.78, 5) is 14.5. The van der Waals surface area contributed by atoms with Gasteiger partial charge in [0, 0.05) is 0 Å². The predicted molar refractivity (Wildman–Crippen MR) is 184 cm³/mol. The molecular formula is C39H61N3O8. The van der Waals surface area contributed by atoms with Crippen molar-refractivity contribution in [1.82, 2.24) is 15.0 Å². The number of hydrogen-bond acceptors (Lipinski definition) is 10. The van der Waals surface area contributed by atoms with Gasteiger partial charge in [0.25, 0.3) is 0 Å². The summed E-state index contributed by atoms with van der Waals surface area (Å²) in [6.07, 6.45) is 4.50. The number of esters is 1. The van der Waals surface area contributed by atoms with Crippen LogP contribution in [0.5, 0.6) is 0 Å². The summed E-state index contributed by atoms with van der Waals surface area (Å²) < 4.78 is 13.0. The van der Waals surface area contributed by atoms with E-state index in [1.165, 1.54) is 10.9 Å². The number of fused-ring (bicyclic) bond motifs is 7. The van der Waals surface area contributed by atoms with Crippen molar-refractivity contribution >= 4 is 5.97 Å². The maximum Gasteiger partial charge on any atom is 0.312 e. The molecule has 6 aliphatic rings. The monoisotopic (exact) mass is 699 g/mol. The number of allylic oxidation sites excluding steroid dienone is 1. The third kappa shape index (κ3) is 4.99. The van der Waals surface area contributed by atoms with Gasteiger partial charge in [-0.25, -0.2) is 4.68 Å². The molecule has 1 aromatic rings. The number of nitrogens with zero attached hydrogens (tertiary/aromatic N) is 3. The smallest absolute Gasteiger partial charge is 0.312 e. The number of hydrogen-bond donors (Lipinski definition) is 5. The molecule has 5 N–H and O–H groups in total. The summed E-state index contributed by atoms with van der Waals surface area (Å²) in [7, 11) is 0. The van der Waals surface area contributed by atoms with Gasteiger partial charge in [-0.05, 0) is 122 Å². The van der Waals surface area contributed by atoms with Crippen LogP contribution in [0.3, 0.4) is 0 Å². The maximum atomic E-state index is 14.5. The number of aromatic nitrogens is 3. The van der Waals surface area contributed by atoms with E-state index in [2.05, 4.69) is 58.4 Å². The molecule has 0 radical (unpaired) electrons. The van der Waals surface area contributed by atoms with Crippen LogP contribution in [-0.2, 0) is 20.9 Å². The lowest BCUT2D eigenvalue weighted by Gasteiger charge is -2.72. The minimum Gasteiger partial charge on any atom is -0.459 e. The molecule has 0 bridgehead atoms. The van der Waals surface area contributed by atoms with Crippen LogP contribution in [0.4, 0.5) is 0 Å². The molecule has 15 atom stereocenters. The van der Waals surface area contributed by atoms with Crippen molar-refractivity contribution in [2.75, 3.05) is 6.61 Å². The zero-order valence-corrected chi connectivity index (χ0v) is 30.9. The first kappa shape index (κ1) is 36.5. The molecule has 5 saturated carbocycles. The van der Waals surface area contributed by atoms with E-state index in [1.807, 2.05) is 0 Å². The standard InChI is InChI=1S/C39H61N3O8/c1-21(2)23-10-15-39(34(48)49-20-22-18-42(41-40-22)33-32(47)31(46)30(45)25(19-43)50-33)17-16-37(6)24(29(23)39)8-9-27-36(5)13-12-28(44)35(3,4)26(36)11-14-38(27,37)7/h18,23-33,43-47H,1,8-17,19-20H2,2-7H3/t23-,24+,25+,26-,27+,28-,29+,30+,31-,32+,33-,36-,37+,38+,39-/m0/s1. The molecule has 2 heterocycles. The summed E-state index contributed by atoms with van der Waals surface area (Å²) in [6.45, 7) is 18.2. The van der Waals surface area contributed by atoms with Crippen LogP contribution < -0.4 is 0 Å². The Labute approximate surface area is 296 Å². The molecule has 50 heavy (non-hydrogen) atoms. The van der Waals surface area contributed by atoms with Gasteiger partial charge in [0.05, 0.1) is 24.3 Å². The first-order valence-corrected chi connectivity index (χ1v) is 19.2. The number of aliphatic hydroxyl groups excluding tert-OH is 5. The third-order valence-corrected chi connectivity index (χ3v) is 16.5. The van der Waals surface area contributed by atoms with Crippen molar-refractivity contribution in [3.05, 3.63) is 24.0 Å². The molecule has 11 heteroatoms. The fourth-order valence-electron chi connectivity index (χ4n) is 13.6. The lowest BCUT2D eigenvalue weighted by molar-refractivity contribution is -0.254. The molecule has 1 aromatic heterocycles. The minimum absolute atomic E-state index is 0.0741. The molecule has 11 nitrogen and oxygen atoms in total. The van der Waals surface area contributed by atoms with Crippen LogP contribution in [0.1, 0.15) is 118 Å². The van der Waals surface area contributed by atoms with E-state index in [0.717, 1.165) is 69.8 Å². The van der Waals surface area contributed by atoms with Gasteiger partial charge in [-0.2, -0.15) is 0 Å². The maximum absolute atomic E-state index is 14.5. The lowest BCUT2D eigenvalue weighted by atomic mass is 9.32. The quantitative estimate of drug-likeness (QED) is 0.213. The second-order valence-electron chi connectivity index (χ2n) is 18.7. The third-order valence-electron chi connectivity index (χ3n) is 16.5. The van der Waals surface area contributed by atoms with Crippen molar-refractivity contribution < 1.29 is 39.8 Å². The van der Waals surface area contributed by atoms with Gasteiger partial charge >= 0.3 is 5.97 Å². The van der Waals surface area contributed by atoms with E-state index in [4.69, 9.17) is 9.47 Å². The topological polar surface area (TPSA) is 167 Å². The second kappa shape index (κ2) is 12.3. The number of carbonyl (C=O) groups is 1. The van der Waals surface area contributed by atoms with Gasteiger partial charge < -0.3 is 35.0 Å². The zero-order chi connectivity index (χ0) is 36.2. The van der Waals surface area contributed by atoms with Gasteiger partial charge in [-0.1, -0.05) is 52.0 Å². The molecule has 7 rings (SSSR count). The molecule has 0 spiro atoms. The summed E-state index contributed by atoms with van der Waals surface area (Å²) >= 11 is 0. The van der Waals surface area contributed by atoms with Gasteiger partial charge in [0.15, 0.2) is 6.23 Å². The minimum atomic E-state index is -1.54. The molecule has 280 valence electrons. The van der Waals surface area contributed by atoms with Crippen molar-refractivity contribution in [3.8, 4) is 0 Å². The van der Waals surface area contributed by atoms with Crippen LogP contribution in [0, 0.1) is 56.7 Å². The Hall–Kier alpha value is -1.89. The van der Waals surface area contributed by atoms with E-state index in [1.54, 1.807) is 0 Å². The van der Waals surface area contributed by atoms with Crippen LogP contribution in [0.15, 0.2) is 18.3 Å². The van der Waals surface area contributed by atoms with Gasteiger partial charge in [-0.15, -0.1) is 5.10 Å². The summed E-state index contributed by atoms with van der Waals surface area (Å²) in [5, 5.41) is 59.8. The Kier molecular flexibility index (Phi) is 9.00. The molecular weight excluding hydrogens is 638 g/mol. The van der Waals surface area contributed by atoms with Gasteiger partial charge in [0.1, 0.15) is 36.7 Å². The fourth-order valence-corrected chi connectivity index (χ4v) is 13.6. The van der Waals surface area contributed by atoms with Crippen LogP contribution >= 0.6 is 0 Å². The Morgan fingerprint density at radius 2 is 1.66 bits per heavy atom. The van der Waals surface area contributed by atoms with Crippen LogP contribution in [0.2, 0.25) is 0 Å². The van der Waals surface area contributed by atoms with E-state index in [9.17, 15) is 30.3 Å². The average molecular weight is 700 g/mol. The number of carbonyl (C=O) groups excluding carboxylic acids is 1. The molecule has 5 aliphatic carbocycles. The van der Waals surface area contributed by atoms with Crippen LogP contribution in [-0.4, -0.2) is 83.6 Å². The predicted octanol–water partition coefficient (Wildman–Crippen LogP) is 4.31. The van der Waals surface area contributed by atoms with Crippen LogP contribution in [0.25, 0.3) is 0 Å². The first-order valence-electron chi connectivity index (χ1n) is 19.2. The zero-order valence-electron chi connectivity index (χ0n) is 30.9. The molecule has 0 aromatic carbocycles. The van der Waals surface area contributed by atoms with Crippen molar-refractivity contribution in [2.45, 2.75) is 149 Å². The van der Waals surface area contributed by atoms with E-state index in [0.29, 0.717) is 23.4 Å². The van der Waals surface area contributed by atoms with E-state index < -0.39 is 42.7 Å². The highest BCUT2D eigenvalue weighted by atomic mass is 16.6.